The van der Waals surface area contributed by atoms with E-state index < -0.39 is 0 Å². The summed E-state index contributed by atoms with van der Waals surface area (Å²) < 4.78 is 7.40. The third-order valence-electron chi connectivity index (χ3n) is 2.84. The minimum atomic E-state index is 0.621. The van der Waals surface area contributed by atoms with Gasteiger partial charge in [0.25, 0.3) is 0 Å². The van der Waals surface area contributed by atoms with Gasteiger partial charge in [-0.05, 0) is 74.7 Å². The normalized spacial score (nSPS) is 10.0. The Labute approximate surface area is 141 Å². The predicted octanol–water partition coefficient (Wildman–Crippen LogP) is 5.09. The van der Waals surface area contributed by atoms with Crippen LogP contribution in [-0.4, -0.2) is 6.61 Å². The maximum atomic E-state index is 8.90. The zero-order valence-electron chi connectivity index (χ0n) is 11.5. The molecule has 0 aliphatic carbocycles. The van der Waals surface area contributed by atoms with Crippen LogP contribution in [-0.2, 0) is 6.54 Å². The largest absolute Gasteiger partial charge is 0.492 e. The van der Waals surface area contributed by atoms with Crippen molar-refractivity contribution in [3.63, 3.8) is 0 Å². The molecule has 0 amide bonds. The first-order valence-corrected chi connectivity index (χ1v) is 8.07. The topological polar surface area (TPSA) is 45.0 Å². The van der Waals surface area contributed by atoms with Crippen LogP contribution in [0.3, 0.4) is 0 Å². The van der Waals surface area contributed by atoms with Crippen molar-refractivity contribution in [2.24, 2.45) is 0 Å². The van der Waals surface area contributed by atoms with Gasteiger partial charge >= 0.3 is 0 Å². The fraction of sp³-hybridized carbons (Fsp3) is 0.188. The summed E-state index contributed by atoms with van der Waals surface area (Å²) >= 11 is 7.04. The smallest absolute Gasteiger partial charge is 0.147 e. The molecular weight excluding hydrogens is 396 g/mol. The van der Waals surface area contributed by atoms with Gasteiger partial charge in [-0.3, -0.25) is 0 Å². The molecule has 21 heavy (non-hydrogen) atoms. The Hall–Kier alpha value is -1.51. The van der Waals surface area contributed by atoms with E-state index in [4.69, 9.17) is 10.00 Å². The second-order valence-corrected chi connectivity index (χ2v) is 6.08. The third-order valence-corrected chi connectivity index (χ3v) is 4.01. The average molecular weight is 410 g/mol. The molecule has 0 heterocycles. The average Bonchev–Trinajstić information content (AvgIpc) is 2.49. The Kier molecular flexibility index (Phi) is 5.66. The molecule has 0 saturated carbocycles. The second kappa shape index (κ2) is 7.48. The molecule has 2 aromatic rings. The molecule has 2 aromatic carbocycles. The Morgan fingerprint density at radius 1 is 1.19 bits per heavy atom. The van der Waals surface area contributed by atoms with Crippen LogP contribution in [0.4, 0.5) is 5.69 Å². The van der Waals surface area contributed by atoms with Crippen LogP contribution < -0.4 is 10.1 Å². The zero-order chi connectivity index (χ0) is 15.2. The second-order valence-electron chi connectivity index (χ2n) is 4.37. The van der Waals surface area contributed by atoms with Crippen molar-refractivity contribution < 1.29 is 4.74 Å². The summed E-state index contributed by atoms with van der Waals surface area (Å²) in [6.07, 6.45) is 0. The summed E-state index contributed by atoms with van der Waals surface area (Å²) in [6.45, 7) is 3.24. The number of nitriles is 1. The Morgan fingerprint density at radius 3 is 2.52 bits per heavy atom. The fourth-order valence-corrected chi connectivity index (χ4v) is 3.41. The molecule has 0 unspecified atom stereocenters. The van der Waals surface area contributed by atoms with E-state index in [1.807, 2.05) is 37.3 Å². The first-order chi connectivity index (χ1) is 10.1. The van der Waals surface area contributed by atoms with E-state index in [-0.39, 0.29) is 0 Å². The highest BCUT2D eigenvalue weighted by Gasteiger charge is 2.08. The Bertz CT molecular complexity index is 657. The van der Waals surface area contributed by atoms with Gasteiger partial charge in [-0.1, -0.05) is 6.07 Å². The van der Waals surface area contributed by atoms with Crippen molar-refractivity contribution in [2.45, 2.75) is 13.5 Å². The van der Waals surface area contributed by atoms with Crippen LogP contribution in [0.1, 0.15) is 18.1 Å². The number of anilines is 1. The van der Waals surface area contributed by atoms with Crippen LogP contribution in [0.25, 0.3) is 0 Å². The van der Waals surface area contributed by atoms with Gasteiger partial charge in [-0.25, -0.2) is 0 Å². The van der Waals surface area contributed by atoms with E-state index in [0.717, 1.165) is 25.9 Å². The van der Waals surface area contributed by atoms with Crippen LogP contribution in [0.5, 0.6) is 5.75 Å². The monoisotopic (exact) mass is 408 g/mol. The molecule has 0 spiro atoms. The third kappa shape index (κ3) is 4.23. The number of benzene rings is 2. The summed E-state index contributed by atoms with van der Waals surface area (Å²) in [4.78, 5) is 0. The lowest BCUT2D eigenvalue weighted by Gasteiger charge is -2.12. The molecule has 0 aromatic heterocycles. The highest BCUT2D eigenvalue weighted by atomic mass is 79.9. The van der Waals surface area contributed by atoms with Gasteiger partial charge in [-0.2, -0.15) is 5.26 Å². The van der Waals surface area contributed by atoms with Gasteiger partial charge in [0.1, 0.15) is 5.75 Å². The summed E-state index contributed by atoms with van der Waals surface area (Å²) in [5.74, 6) is 0.813. The molecule has 0 atom stereocenters. The molecule has 0 aliphatic heterocycles. The molecule has 0 bridgehead atoms. The molecular formula is C16H14Br2N2O. The lowest BCUT2D eigenvalue weighted by atomic mass is 10.2. The number of rotatable bonds is 5. The van der Waals surface area contributed by atoms with Gasteiger partial charge in [0, 0.05) is 12.2 Å². The van der Waals surface area contributed by atoms with Crippen LogP contribution in [0.2, 0.25) is 0 Å². The quantitative estimate of drug-likeness (QED) is 0.747. The summed E-state index contributed by atoms with van der Waals surface area (Å²) in [6, 6.07) is 13.6. The fourth-order valence-electron chi connectivity index (χ4n) is 1.90. The molecule has 3 nitrogen and oxygen atoms in total. The predicted molar refractivity (Wildman–Crippen MR) is 91.5 cm³/mol. The number of ether oxygens (including phenoxy) is 1. The maximum Gasteiger partial charge on any atom is 0.147 e. The lowest BCUT2D eigenvalue weighted by molar-refractivity contribution is 0.336. The lowest BCUT2D eigenvalue weighted by Crippen LogP contribution is -2.01. The Balaban J connectivity index is 2.11. The molecule has 0 aliphatic rings. The molecule has 108 valence electrons. The molecule has 0 saturated heterocycles. The minimum absolute atomic E-state index is 0.621. The van der Waals surface area contributed by atoms with Crippen molar-refractivity contribution >= 4 is 37.5 Å². The number of hydrogen-bond donors (Lipinski definition) is 1. The summed E-state index contributed by atoms with van der Waals surface area (Å²) in [5.41, 5.74) is 2.68. The molecule has 2 rings (SSSR count). The molecule has 5 heteroatoms. The standard InChI is InChI=1S/C16H14Br2N2O/c1-2-21-16-14(17)7-12(8-15(16)18)10-20-13-5-3-4-11(6-13)9-19/h3-8,20H,2,10H2,1H3. The minimum Gasteiger partial charge on any atom is -0.492 e. The number of halogens is 2. The van der Waals surface area contributed by atoms with Crippen LogP contribution in [0.15, 0.2) is 45.3 Å². The van der Waals surface area contributed by atoms with E-state index in [9.17, 15) is 0 Å². The van der Waals surface area contributed by atoms with Gasteiger partial charge in [0.15, 0.2) is 0 Å². The first kappa shape index (κ1) is 15.9. The first-order valence-electron chi connectivity index (χ1n) is 6.48. The van der Waals surface area contributed by atoms with Crippen LogP contribution in [0, 0.1) is 11.3 Å². The van der Waals surface area contributed by atoms with Crippen molar-refractivity contribution in [1.82, 2.24) is 0 Å². The van der Waals surface area contributed by atoms with Gasteiger partial charge < -0.3 is 10.1 Å². The number of hydrogen-bond acceptors (Lipinski definition) is 3. The van der Waals surface area contributed by atoms with E-state index >= 15 is 0 Å². The SMILES string of the molecule is CCOc1c(Br)cc(CNc2cccc(C#N)c2)cc1Br. The summed E-state index contributed by atoms with van der Waals surface area (Å²) in [7, 11) is 0. The van der Waals surface area contributed by atoms with Gasteiger partial charge in [0.05, 0.1) is 27.2 Å². The van der Waals surface area contributed by atoms with E-state index in [1.54, 1.807) is 6.07 Å². The van der Waals surface area contributed by atoms with E-state index in [2.05, 4.69) is 43.2 Å². The van der Waals surface area contributed by atoms with Crippen molar-refractivity contribution in [1.29, 1.82) is 5.26 Å². The summed E-state index contributed by atoms with van der Waals surface area (Å²) in [5, 5.41) is 12.2. The molecule has 0 fully saturated rings. The van der Waals surface area contributed by atoms with Gasteiger partial charge in [-0.15, -0.1) is 0 Å². The van der Waals surface area contributed by atoms with Crippen molar-refractivity contribution in [2.75, 3.05) is 11.9 Å². The molecule has 0 radical (unpaired) electrons. The highest BCUT2D eigenvalue weighted by Crippen LogP contribution is 2.35. The van der Waals surface area contributed by atoms with E-state index in [0.29, 0.717) is 18.7 Å². The van der Waals surface area contributed by atoms with E-state index in [1.165, 1.54) is 0 Å². The highest BCUT2D eigenvalue weighted by molar-refractivity contribution is 9.11. The zero-order valence-corrected chi connectivity index (χ0v) is 14.7. The van der Waals surface area contributed by atoms with Gasteiger partial charge in [0.2, 0.25) is 0 Å². The number of nitrogens with zero attached hydrogens (tertiary/aromatic N) is 1. The Morgan fingerprint density at radius 2 is 1.90 bits per heavy atom. The van der Waals surface area contributed by atoms with Crippen molar-refractivity contribution in [3.8, 4) is 11.8 Å². The van der Waals surface area contributed by atoms with Crippen LogP contribution >= 0.6 is 31.9 Å². The maximum absolute atomic E-state index is 8.90. The molecule has 1 N–H and O–H groups in total. The van der Waals surface area contributed by atoms with Crippen molar-refractivity contribution in [3.05, 3.63) is 56.5 Å². The number of nitrogens with one attached hydrogen (secondary N) is 1.